The van der Waals surface area contributed by atoms with Gasteiger partial charge in [-0.2, -0.15) is 0 Å². The molecule has 0 radical (unpaired) electrons. The number of H-pyrrole nitrogens is 1. The Morgan fingerprint density at radius 3 is 2.27 bits per heavy atom. The molecule has 0 fully saturated rings. The Labute approximate surface area is 127 Å². The molecule has 0 unspecified atom stereocenters. The maximum Gasteiger partial charge on any atom is 0.126 e. The van der Waals surface area contributed by atoms with E-state index in [0.29, 0.717) is 0 Å². The van der Waals surface area contributed by atoms with Crippen LogP contribution in [0.25, 0.3) is 44.0 Å². The molecule has 0 bridgehead atoms. The zero-order valence-corrected chi connectivity index (χ0v) is 12.1. The number of nitrogens with zero attached hydrogens (tertiary/aromatic N) is 2. The van der Waals surface area contributed by atoms with Crippen LogP contribution in [-0.4, -0.2) is 15.0 Å². The second-order valence-electron chi connectivity index (χ2n) is 5.65. The van der Waals surface area contributed by atoms with Crippen molar-refractivity contribution in [3.05, 3.63) is 60.4 Å². The van der Waals surface area contributed by atoms with E-state index in [9.17, 15) is 0 Å². The van der Waals surface area contributed by atoms with Crippen LogP contribution in [0.4, 0.5) is 0 Å². The normalized spacial score (nSPS) is 11.9. The molecule has 3 aromatic carbocycles. The summed E-state index contributed by atoms with van der Waals surface area (Å²) in [5, 5.41) is 3.61. The molecule has 104 valence electrons. The molecule has 0 amide bonds. The smallest absolute Gasteiger partial charge is 0.126 e. The van der Waals surface area contributed by atoms with Crippen LogP contribution in [0.15, 0.2) is 54.6 Å². The van der Waals surface area contributed by atoms with Crippen molar-refractivity contribution >= 4 is 32.7 Å². The van der Waals surface area contributed by atoms with Gasteiger partial charge < -0.3 is 4.98 Å². The van der Waals surface area contributed by atoms with Crippen LogP contribution in [0.3, 0.4) is 0 Å². The number of rotatable bonds is 1. The molecule has 3 nitrogen and oxygen atoms in total. The quantitative estimate of drug-likeness (QED) is 0.485. The Kier molecular flexibility index (Phi) is 2.15. The fraction of sp³-hybridized carbons (Fsp3) is 0.0526. The molecule has 2 aromatic heterocycles. The number of aromatic amines is 1. The van der Waals surface area contributed by atoms with Gasteiger partial charge in [0, 0.05) is 21.7 Å². The van der Waals surface area contributed by atoms with Gasteiger partial charge in [0.05, 0.1) is 16.7 Å². The van der Waals surface area contributed by atoms with E-state index in [4.69, 9.17) is 0 Å². The first-order valence-electron chi connectivity index (χ1n) is 7.38. The van der Waals surface area contributed by atoms with Gasteiger partial charge in [-0.05, 0) is 36.8 Å². The van der Waals surface area contributed by atoms with Crippen LogP contribution in [0.1, 0.15) is 5.82 Å². The van der Waals surface area contributed by atoms with E-state index in [0.717, 1.165) is 33.5 Å². The van der Waals surface area contributed by atoms with Crippen molar-refractivity contribution < 1.29 is 0 Å². The highest BCUT2D eigenvalue weighted by Gasteiger charge is 2.15. The lowest BCUT2D eigenvalue weighted by atomic mass is 10.0. The van der Waals surface area contributed by atoms with Crippen LogP contribution in [0, 0.1) is 6.92 Å². The third kappa shape index (κ3) is 1.45. The van der Waals surface area contributed by atoms with E-state index in [1.807, 2.05) is 13.0 Å². The summed E-state index contributed by atoms with van der Waals surface area (Å²) in [5.74, 6) is 0.814. The summed E-state index contributed by atoms with van der Waals surface area (Å²) in [7, 11) is 0. The fourth-order valence-corrected chi connectivity index (χ4v) is 3.37. The fourth-order valence-electron chi connectivity index (χ4n) is 3.37. The first-order valence-corrected chi connectivity index (χ1v) is 7.38. The lowest BCUT2D eigenvalue weighted by Crippen LogP contribution is -1.91. The van der Waals surface area contributed by atoms with Crippen molar-refractivity contribution in [2.75, 3.05) is 0 Å². The molecule has 3 heteroatoms. The topological polar surface area (TPSA) is 41.6 Å². The van der Waals surface area contributed by atoms with E-state index in [-0.39, 0.29) is 0 Å². The molecule has 0 aliphatic heterocycles. The zero-order valence-electron chi connectivity index (χ0n) is 12.1. The van der Waals surface area contributed by atoms with E-state index < -0.39 is 0 Å². The first-order chi connectivity index (χ1) is 10.8. The van der Waals surface area contributed by atoms with Crippen molar-refractivity contribution in [3.63, 3.8) is 0 Å². The third-order valence-corrected chi connectivity index (χ3v) is 4.27. The van der Waals surface area contributed by atoms with Crippen LogP contribution in [0.2, 0.25) is 0 Å². The van der Waals surface area contributed by atoms with Gasteiger partial charge in [0.1, 0.15) is 5.82 Å². The molecule has 0 aliphatic carbocycles. The average Bonchev–Trinajstić information content (AvgIpc) is 2.93. The Morgan fingerprint density at radius 2 is 1.50 bits per heavy atom. The van der Waals surface area contributed by atoms with Gasteiger partial charge >= 0.3 is 0 Å². The van der Waals surface area contributed by atoms with E-state index in [1.54, 1.807) is 0 Å². The largest absolute Gasteiger partial charge is 0.354 e. The van der Waals surface area contributed by atoms with Crippen LogP contribution in [0.5, 0.6) is 0 Å². The summed E-state index contributed by atoms with van der Waals surface area (Å²) in [4.78, 5) is 12.7. The molecule has 5 aromatic rings. The third-order valence-electron chi connectivity index (χ3n) is 4.27. The molecule has 1 N–H and O–H groups in total. The van der Waals surface area contributed by atoms with Crippen molar-refractivity contribution in [2.45, 2.75) is 6.92 Å². The molecule has 0 aliphatic rings. The molecule has 0 spiro atoms. The van der Waals surface area contributed by atoms with Crippen molar-refractivity contribution in [2.24, 2.45) is 0 Å². The van der Waals surface area contributed by atoms with Crippen LogP contribution in [-0.2, 0) is 0 Å². The minimum Gasteiger partial charge on any atom is -0.354 e. The minimum absolute atomic E-state index is 0.814. The van der Waals surface area contributed by atoms with E-state index in [1.165, 1.54) is 16.3 Å². The second-order valence-corrected chi connectivity index (χ2v) is 5.65. The number of benzene rings is 3. The lowest BCUT2D eigenvalue weighted by Gasteiger charge is -2.06. The second kappa shape index (κ2) is 4.04. The highest BCUT2D eigenvalue weighted by atomic mass is 14.9. The van der Waals surface area contributed by atoms with Gasteiger partial charge in [-0.25, -0.2) is 9.97 Å². The van der Waals surface area contributed by atoms with Gasteiger partial charge in [-0.3, -0.25) is 0 Å². The number of hydrogen-bond donors (Lipinski definition) is 1. The van der Waals surface area contributed by atoms with Crippen LogP contribution < -0.4 is 0 Å². The minimum atomic E-state index is 0.814. The number of hydrogen-bond acceptors (Lipinski definition) is 2. The van der Waals surface area contributed by atoms with Gasteiger partial charge in [-0.1, -0.05) is 30.3 Å². The molecular weight excluding hydrogens is 270 g/mol. The highest BCUT2D eigenvalue weighted by Crippen LogP contribution is 2.38. The standard InChI is InChI=1S/C19H13N3/c1-11-20-15-8-7-13-17-14(9-10-16(21-11)18(15)17)22-19(13)12-5-3-2-4-6-12/h2-10,22H,1H3. The lowest BCUT2D eigenvalue weighted by molar-refractivity contribution is 1.12. The highest BCUT2D eigenvalue weighted by molar-refractivity contribution is 6.23. The molecular formula is C19H13N3. The monoisotopic (exact) mass is 283 g/mol. The SMILES string of the molecule is Cc1nc2ccc3[nH]c(-c4ccccc4)c4ccc(n1)c2c34. The zero-order chi connectivity index (χ0) is 14.7. The number of nitrogens with one attached hydrogen (secondary N) is 1. The summed E-state index contributed by atoms with van der Waals surface area (Å²) in [6, 6.07) is 18.9. The summed E-state index contributed by atoms with van der Waals surface area (Å²) in [6.07, 6.45) is 0. The molecule has 0 saturated carbocycles. The van der Waals surface area contributed by atoms with E-state index >= 15 is 0 Å². The van der Waals surface area contributed by atoms with E-state index in [2.05, 4.69) is 63.5 Å². The molecule has 0 saturated heterocycles. The summed E-state index contributed by atoms with van der Waals surface area (Å²) >= 11 is 0. The molecule has 5 rings (SSSR count). The summed E-state index contributed by atoms with van der Waals surface area (Å²) in [6.45, 7) is 1.94. The molecule has 0 atom stereocenters. The maximum atomic E-state index is 4.58. The predicted molar refractivity (Wildman–Crippen MR) is 90.3 cm³/mol. The maximum absolute atomic E-state index is 4.58. The predicted octanol–water partition coefficient (Wildman–Crippen LogP) is 4.68. The summed E-state index contributed by atoms with van der Waals surface area (Å²) < 4.78 is 0. The Morgan fingerprint density at radius 1 is 0.773 bits per heavy atom. The van der Waals surface area contributed by atoms with Crippen molar-refractivity contribution in [1.82, 2.24) is 15.0 Å². The van der Waals surface area contributed by atoms with Gasteiger partial charge in [0.25, 0.3) is 0 Å². The van der Waals surface area contributed by atoms with Crippen LogP contribution >= 0.6 is 0 Å². The Balaban J connectivity index is 2.00. The Hall–Kier alpha value is -2.94. The van der Waals surface area contributed by atoms with Gasteiger partial charge in [-0.15, -0.1) is 0 Å². The van der Waals surface area contributed by atoms with Gasteiger partial charge in [0.2, 0.25) is 0 Å². The van der Waals surface area contributed by atoms with Gasteiger partial charge in [0.15, 0.2) is 0 Å². The summed E-state index contributed by atoms with van der Waals surface area (Å²) in [5.41, 5.74) is 5.52. The molecule has 2 heterocycles. The van der Waals surface area contributed by atoms with Crippen molar-refractivity contribution in [3.8, 4) is 11.3 Å². The number of aryl methyl sites for hydroxylation is 1. The number of aromatic nitrogens is 3. The average molecular weight is 283 g/mol. The first kappa shape index (κ1) is 11.7. The van der Waals surface area contributed by atoms with Crippen molar-refractivity contribution in [1.29, 1.82) is 0 Å². The Bertz CT molecular complexity index is 1100. The molecule has 22 heavy (non-hydrogen) atoms.